The fourth-order valence-corrected chi connectivity index (χ4v) is 2.04. The van der Waals surface area contributed by atoms with Gasteiger partial charge in [0.05, 0.1) is 11.9 Å². The van der Waals surface area contributed by atoms with E-state index in [1.54, 1.807) is 32.2 Å². The number of hydrogen-bond acceptors (Lipinski definition) is 3. The summed E-state index contributed by atoms with van der Waals surface area (Å²) in [5.74, 6) is -0.193. The number of anilines is 1. The predicted octanol–water partition coefficient (Wildman–Crippen LogP) is 0.750. The van der Waals surface area contributed by atoms with E-state index in [-0.39, 0.29) is 5.91 Å². The molecule has 1 rings (SSSR count). The Kier molecular flexibility index (Phi) is 3.77. The number of amides is 1. The highest BCUT2D eigenvalue weighted by Crippen LogP contribution is 2.22. The molecular weight excluding hydrogens is 240 g/mol. The molecule has 1 aromatic carbocycles. The van der Waals surface area contributed by atoms with E-state index in [9.17, 15) is 13.2 Å². The molecule has 0 fully saturated rings. The van der Waals surface area contributed by atoms with Crippen LogP contribution >= 0.6 is 0 Å². The largest absolute Gasteiger partial charge is 0.355 e. The molecule has 0 aromatic heterocycles. The molecular formula is C11H16N2O3S. The zero-order chi connectivity index (χ0) is 13.2. The first-order valence-corrected chi connectivity index (χ1v) is 6.89. The fraction of sp³-hybridized carbons (Fsp3) is 0.364. The van der Waals surface area contributed by atoms with Gasteiger partial charge in [-0.25, -0.2) is 8.42 Å². The molecule has 0 radical (unpaired) electrons. The Hall–Kier alpha value is -1.56. The van der Waals surface area contributed by atoms with Crippen LogP contribution in [0, 0.1) is 6.92 Å². The molecule has 1 N–H and O–H groups in total. The van der Waals surface area contributed by atoms with Crippen molar-refractivity contribution in [3.8, 4) is 0 Å². The van der Waals surface area contributed by atoms with Crippen molar-refractivity contribution >= 4 is 21.6 Å². The summed E-state index contributed by atoms with van der Waals surface area (Å²) >= 11 is 0. The van der Waals surface area contributed by atoms with E-state index in [1.807, 2.05) is 0 Å². The Bertz CT molecular complexity index is 538. The van der Waals surface area contributed by atoms with Crippen LogP contribution in [0.3, 0.4) is 0 Å². The first-order chi connectivity index (χ1) is 7.77. The van der Waals surface area contributed by atoms with Crippen LogP contribution in [0.4, 0.5) is 5.69 Å². The van der Waals surface area contributed by atoms with E-state index in [1.165, 1.54) is 11.4 Å². The summed E-state index contributed by atoms with van der Waals surface area (Å²) in [5, 5.41) is 2.52. The summed E-state index contributed by atoms with van der Waals surface area (Å²) in [6, 6.07) is 4.89. The van der Waals surface area contributed by atoms with Gasteiger partial charge in [-0.05, 0) is 30.7 Å². The molecule has 1 aromatic rings. The normalized spacial score (nSPS) is 11.1. The van der Waals surface area contributed by atoms with Crippen LogP contribution < -0.4 is 9.62 Å². The Balaban J connectivity index is 3.19. The number of hydrogen-bond donors (Lipinski definition) is 1. The lowest BCUT2D eigenvalue weighted by atomic mass is 10.1. The van der Waals surface area contributed by atoms with Gasteiger partial charge in [-0.2, -0.15) is 0 Å². The average Bonchev–Trinajstić information content (AvgIpc) is 2.25. The SMILES string of the molecule is CNC(=O)c1ccc(N(C)S(C)(=O)=O)c(C)c1. The van der Waals surface area contributed by atoms with Crippen LogP contribution in [-0.4, -0.2) is 34.7 Å². The summed E-state index contributed by atoms with van der Waals surface area (Å²) in [6.07, 6.45) is 1.14. The van der Waals surface area contributed by atoms with Crippen LogP contribution in [0.15, 0.2) is 18.2 Å². The number of sulfonamides is 1. The number of aryl methyl sites for hydroxylation is 1. The third-order valence-corrected chi connectivity index (χ3v) is 3.71. The van der Waals surface area contributed by atoms with E-state index >= 15 is 0 Å². The maximum atomic E-state index is 11.4. The Labute approximate surface area is 101 Å². The molecule has 0 spiro atoms. The second-order valence-electron chi connectivity index (χ2n) is 3.81. The number of rotatable bonds is 3. The summed E-state index contributed by atoms with van der Waals surface area (Å²) in [5.41, 5.74) is 1.81. The van der Waals surface area contributed by atoms with Crippen molar-refractivity contribution in [1.82, 2.24) is 5.32 Å². The predicted molar refractivity (Wildman–Crippen MR) is 67.8 cm³/mol. The lowest BCUT2D eigenvalue weighted by Gasteiger charge is -2.19. The molecule has 17 heavy (non-hydrogen) atoms. The average molecular weight is 256 g/mol. The van der Waals surface area contributed by atoms with Gasteiger partial charge >= 0.3 is 0 Å². The van der Waals surface area contributed by atoms with E-state index in [0.29, 0.717) is 11.3 Å². The van der Waals surface area contributed by atoms with E-state index < -0.39 is 10.0 Å². The highest BCUT2D eigenvalue weighted by molar-refractivity contribution is 7.92. The van der Waals surface area contributed by atoms with Crippen LogP contribution in [-0.2, 0) is 10.0 Å². The molecule has 0 saturated heterocycles. The highest BCUT2D eigenvalue weighted by atomic mass is 32.2. The standard InChI is InChI=1S/C11H16N2O3S/c1-8-7-9(11(14)12-2)5-6-10(8)13(3)17(4,15)16/h5-7H,1-4H3,(H,12,14). The molecule has 0 bridgehead atoms. The molecule has 0 aliphatic carbocycles. The Morgan fingerprint density at radius 2 is 1.94 bits per heavy atom. The monoisotopic (exact) mass is 256 g/mol. The van der Waals surface area contributed by atoms with Gasteiger partial charge < -0.3 is 5.32 Å². The molecule has 0 atom stereocenters. The summed E-state index contributed by atoms with van der Waals surface area (Å²) in [7, 11) is -0.251. The smallest absolute Gasteiger partial charge is 0.251 e. The van der Waals surface area contributed by atoms with Crippen LogP contribution in [0.1, 0.15) is 15.9 Å². The number of benzene rings is 1. The second kappa shape index (κ2) is 4.75. The van der Waals surface area contributed by atoms with Crippen molar-refractivity contribution in [2.75, 3.05) is 24.7 Å². The molecule has 1 amide bonds. The highest BCUT2D eigenvalue weighted by Gasteiger charge is 2.15. The van der Waals surface area contributed by atoms with Gasteiger partial charge in [0, 0.05) is 19.7 Å². The van der Waals surface area contributed by atoms with Crippen molar-refractivity contribution in [1.29, 1.82) is 0 Å². The Morgan fingerprint density at radius 1 is 1.35 bits per heavy atom. The zero-order valence-electron chi connectivity index (χ0n) is 10.3. The van der Waals surface area contributed by atoms with Gasteiger partial charge in [-0.1, -0.05) is 0 Å². The third-order valence-electron chi connectivity index (χ3n) is 2.52. The van der Waals surface area contributed by atoms with E-state index in [4.69, 9.17) is 0 Å². The lowest BCUT2D eigenvalue weighted by Crippen LogP contribution is -2.26. The van der Waals surface area contributed by atoms with E-state index in [0.717, 1.165) is 11.8 Å². The zero-order valence-corrected chi connectivity index (χ0v) is 11.1. The van der Waals surface area contributed by atoms with Gasteiger partial charge in [0.25, 0.3) is 5.91 Å². The van der Waals surface area contributed by atoms with Crippen LogP contribution in [0.25, 0.3) is 0 Å². The first kappa shape index (κ1) is 13.5. The van der Waals surface area contributed by atoms with E-state index in [2.05, 4.69) is 5.32 Å². The lowest BCUT2D eigenvalue weighted by molar-refractivity contribution is 0.0963. The van der Waals surface area contributed by atoms with Crippen molar-refractivity contribution in [2.45, 2.75) is 6.92 Å². The van der Waals surface area contributed by atoms with Gasteiger partial charge in [0.1, 0.15) is 0 Å². The number of nitrogens with one attached hydrogen (secondary N) is 1. The van der Waals surface area contributed by atoms with Crippen LogP contribution in [0.5, 0.6) is 0 Å². The van der Waals surface area contributed by atoms with Crippen molar-refractivity contribution in [3.05, 3.63) is 29.3 Å². The second-order valence-corrected chi connectivity index (χ2v) is 5.82. The molecule has 0 aliphatic heterocycles. The maximum absolute atomic E-state index is 11.4. The van der Waals surface area contributed by atoms with Gasteiger partial charge in [0.2, 0.25) is 10.0 Å². The first-order valence-electron chi connectivity index (χ1n) is 5.04. The summed E-state index contributed by atoms with van der Waals surface area (Å²) in [6.45, 7) is 1.77. The van der Waals surface area contributed by atoms with Crippen LogP contribution in [0.2, 0.25) is 0 Å². The van der Waals surface area contributed by atoms with Gasteiger partial charge in [0.15, 0.2) is 0 Å². The fourth-order valence-electron chi connectivity index (χ4n) is 1.47. The minimum absolute atomic E-state index is 0.193. The molecule has 94 valence electrons. The third kappa shape index (κ3) is 2.97. The summed E-state index contributed by atoms with van der Waals surface area (Å²) in [4.78, 5) is 11.4. The molecule has 0 heterocycles. The van der Waals surface area contributed by atoms with Gasteiger partial charge in [-0.3, -0.25) is 9.10 Å². The molecule has 0 unspecified atom stereocenters. The number of carbonyl (C=O) groups is 1. The summed E-state index contributed by atoms with van der Waals surface area (Å²) < 4.78 is 24.0. The quantitative estimate of drug-likeness (QED) is 0.868. The van der Waals surface area contributed by atoms with Crippen molar-refractivity contribution < 1.29 is 13.2 Å². The number of carbonyl (C=O) groups excluding carboxylic acids is 1. The maximum Gasteiger partial charge on any atom is 0.251 e. The Morgan fingerprint density at radius 3 is 2.35 bits per heavy atom. The molecule has 6 heteroatoms. The van der Waals surface area contributed by atoms with Crippen molar-refractivity contribution in [3.63, 3.8) is 0 Å². The molecule has 5 nitrogen and oxygen atoms in total. The molecule has 0 aliphatic rings. The topological polar surface area (TPSA) is 66.5 Å². The minimum atomic E-state index is -3.28. The van der Waals surface area contributed by atoms with Crippen molar-refractivity contribution in [2.24, 2.45) is 0 Å². The molecule has 0 saturated carbocycles. The minimum Gasteiger partial charge on any atom is -0.355 e. The van der Waals surface area contributed by atoms with Gasteiger partial charge in [-0.15, -0.1) is 0 Å². The number of nitrogens with zero attached hydrogens (tertiary/aromatic N) is 1.